The third-order valence-electron chi connectivity index (χ3n) is 6.57. The van der Waals surface area contributed by atoms with Gasteiger partial charge in [-0.15, -0.1) is 21.5 Å². The van der Waals surface area contributed by atoms with E-state index >= 15 is 0 Å². The molecule has 34 heavy (non-hydrogen) atoms. The van der Waals surface area contributed by atoms with E-state index in [0.29, 0.717) is 0 Å². The zero-order valence-corrected chi connectivity index (χ0v) is 22.5. The number of aryl methyl sites for hydroxylation is 7. The van der Waals surface area contributed by atoms with Crippen molar-refractivity contribution in [3.05, 3.63) is 80.7 Å². The third-order valence-corrected chi connectivity index (χ3v) is 8.38. The molecule has 6 heteroatoms. The highest BCUT2D eigenvalue weighted by Crippen LogP contribution is 2.36. The lowest BCUT2D eigenvalue weighted by Gasteiger charge is -2.17. The summed E-state index contributed by atoms with van der Waals surface area (Å²) in [4.78, 5) is 0. The van der Waals surface area contributed by atoms with E-state index in [9.17, 15) is 0 Å². The van der Waals surface area contributed by atoms with Gasteiger partial charge in [0.05, 0.1) is 21.6 Å². The van der Waals surface area contributed by atoms with Crippen LogP contribution in [0.1, 0.15) is 38.9 Å². The van der Waals surface area contributed by atoms with Crippen LogP contribution in [-0.4, -0.2) is 19.3 Å². The molecule has 0 aliphatic carbocycles. The number of aromatic nitrogens is 4. The minimum absolute atomic E-state index is 0.863. The Morgan fingerprint density at radius 1 is 0.824 bits per heavy atom. The monoisotopic (exact) mass is 486 g/mol. The molecule has 0 amide bonds. The van der Waals surface area contributed by atoms with Crippen LogP contribution in [0.3, 0.4) is 0 Å². The standard InChI is InChI=1S/C28H30N4S2/c1-16-10-18(3)22(19(4)11-16)15-34-28-30-29-27(24-14-25-23(31(24)7)8-9-33-25)32(28)26-20(5)12-17(2)13-21(26)6/h8-14H,15H2,1-7H3. The fraction of sp³-hybridized carbons (Fsp3) is 0.286. The lowest BCUT2D eigenvalue weighted by Crippen LogP contribution is -2.07. The van der Waals surface area contributed by atoms with Gasteiger partial charge in [0, 0.05) is 12.8 Å². The maximum atomic E-state index is 4.75. The molecular weight excluding hydrogens is 456 g/mol. The van der Waals surface area contributed by atoms with Gasteiger partial charge < -0.3 is 4.57 Å². The van der Waals surface area contributed by atoms with Crippen LogP contribution < -0.4 is 0 Å². The molecule has 3 aromatic heterocycles. The molecule has 0 saturated carbocycles. The molecule has 5 aromatic rings. The van der Waals surface area contributed by atoms with E-state index in [4.69, 9.17) is 10.2 Å². The van der Waals surface area contributed by atoms with Crippen molar-refractivity contribution in [3.63, 3.8) is 0 Å². The second-order valence-electron chi connectivity index (χ2n) is 9.31. The van der Waals surface area contributed by atoms with Gasteiger partial charge in [0.1, 0.15) is 0 Å². The van der Waals surface area contributed by atoms with Crippen LogP contribution in [0.25, 0.3) is 27.4 Å². The van der Waals surface area contributed by atoms with Crippen molar-refractivity contribution in [2.75, 3.05) is 0 Å². The molecule has 4 nitrogen and oxygen atoms in total. The van der Waals surface area contributed by atoms with Crippen molar-refractivity contribution in [1.82, 2.24) is 19.3 Å². The van der Waals surface area contributed by atoms with Crippen molar-refractivity contribution in [2.45, 2.75) is 52.5 Å². The minimum atomic E-state index is 0.863. The minimum Gasteiger partial charge on any atom is -0.340 e. The second kappa shape index (κ2) is 8.75. The number of fused-ring (bicyclic) bond motifs is 1. The molecule has 0 unspecified atom stereocenters. The maximum Gasteiger partial charge on any atom is 0.196 e. The summed E-state index contributed by atoms with van der Waals surface area (Å²) < 4.78 is 5.77. The first-order valence-electron chi connectivity index (χ1n) is 11.5. The van der Waals surface area contributed by atoms with Crippen molar-refractivity contribution >= 4 is 33.3 Å². The average molecular weight is 487 g/mol. The van der Waals surface area contributed by atoms with E-state index in [-0.39, 0.29) is 0 Å². The van der Waals surface area contributed by atoms with Crippen LogP contribution in [0.5, 0.6) is 0 Å². The zero-order chi connectivity index (χ0) is 24.1. The van der Waals surface area contributed by atoms with Gasteiger partial charge in [-0.3, -0.25) is 4.57 Å². The van der Waals surface area contributed by atoms with Crippen LogP contribution in [0.4, 0.5) is 0 Å². The predicted octanol–water partition coefficient (Wildman–Crippen LogP) is 7.63. The van der Waals surface area contributed by atoms with Crippen LogP contribution in [-0.2, 0) is 12.8 Å². The first kappa shape index (κ1) is 22.9. The Bertz CT molecular complexity index is 1490. The van der Waals surface area contributed by atoms with Gasteiger partial charge in [-0.05, 0) is 86.9 Å². The summed E-state index contributed by atoms with van der Waals surface area (Å²) in [6.45, 7) is 13.1. The first-order valence-corrected chi connectivity index (χ1v) is 13.4. The molecule has 5 rings (SSSR count). The van der Waals surface area contributed by atoms with Gasteiger partial charge in [-0.25, -0.2) is 0 Å². The zero-order valence-electron chi connectivity index (χ0n) is 20.9. The van der Waals surface area contributed by atoms with E-state index in [1.54, 1.807) is 23.1 Å². The van der Waals surface area contributed by atoms with Crippen molar-refractivity contribution in [2.24, 2.45) is 7.05 Å². The Balaban J connectivity index is 1.66. The molecule has 0 N–H and O–H groups in total. The normalized spacial score (nSPS) is 11.6. The highest BCUT2D eigenvalue weighted by Gasteiger charge is 2.22. The van der Waals surface area contributed by atoms with E-state index in [1.807, 2.05) is 0 Å². The number of hydrogen-bond acceptors (Lipinski definition) is 4. The van der Waals surface area contributed by atoms with Gasteiger partial charge in [-0.2, -0.15) is 0 Å². The van der Waals surface area contributed by atoms with E-state index in [2.05, 4.69) is 99.5 Å². The Labute approximate surface area is 209 Å². The number of thioether (sulfide) groups is 1. The molecule has 0 aliphatic heterocycles. The van der Waals surface area contributed by atoms with E-state index < -0.39 is 0 Å². The number of thiophene rings is 1. The molecule has 3 heterocycles. The van der Waals surface area contributed by atoms with Crippen molar-refractivity contribution in [3.8, 4) is 17.2 Å². The van der Waals surface area contributed by atoms with E-state index in [0.717, 1.165) is 22.4 Å². The van der Waals surface area contributed by atoms with Gasteiger partial charge in [0.2, 0.25) is 0 Å². The molecule has 2 aromatic carbocycles. The second-order valence-corrected chi connectivity index (χ2v) is 11.2. The summed E-state index contributed by atoms with van der Waals surface area (Å²) in [5, 5.41) is 12.5. The van der Waals surface area contributed by atoms with Crippen LogP contribution >= 0.6 is 23.1 Å². The number of benzene rings is 2. The molecule has 0 spiro atoms. The molecular formula is C28H30N4S2. The highest BCUT2D eigenvalue weighted by molar-refractivity contribution is 7.98. The summed E-state index contributed by atoms with van der Waals surface area (Å²) in [6.07, 6.45) is 0. The molecule has 0 aliphatic rings. The topological polar surface area (TPSA) is 35.6 Å². The molecule has 0 radical (unpaired) electrons. The molecule has 0 fully saturated rings. The molecule has 0 atom stereocenters. The molecule has 0 bridgehead atoms. The van der Waals surface area contributed by atoms with Crippen LogP contribution in [0, 0.1) is 41.5 Å². The third kappa shape index (κ3) is 3.89. The van der Waals surface area contributed by atoms with Crippen LogP contribution in [0.2, 0.25) is 0 Å². The fourth-order valence-electron chi connectivity index (χ4n) is 5.09. The summed E-state index contributed by atoms with van der Waals surface area (Å²) in [7, 11) is 2.12. The summed E-state index contributed by atoms with van der Waals surface area (Å²) in [5.41, 5.74) is 12.6. The summed E-state index contributed by atoms with van der Waals surface area (Å²) >= 11 is 3.53. The van der Waals surface area contributed by atoms with Crippen molar-refractivity contribution < 1.29 is 0 Å². The molecule has 174 valence electrons. The van der Waals surface area contributed by atoms with Crippen LogP contribution in [0.15, 0.2) is 46.9 Å². The Morgan fingerprint density at radius 2 is 1.44 bits per heavy atom. The lowest BCUT2D eigenvalue weighted by molar-refractivity contribution is 0.866. The smallest absolute Gasteiger partial charge is 0.196 e. The largest absolute Gasteiger partial charge is 0.340 e. The average Bonchev–Trinajstić information content (AvgIpc) is 3.44. The van der Waals surface area contributed by atoms with E-state index in [1.165, 1.54) is 54.8 Å². The maximum absolute atomic E-state index is 4.75. The molecule has 0 saturated heterocycles. The number of rotatable bonds is 5. The predicted molar refractivity (Wildman–Crippen MR) is 146 cm³/mol. The Kier molecular flexibility index (Phi) is 5.90. The SMILES string of the molecule is Cc1cc(C)c(CSc2nnc(-c3cc4sccc4n3C)n2-c2c(C)cc(C)cc2C)c(C)c1. The van der Waals surface area contributed by atoms with Crippen molar-refractivity contribution in [1.29, 1.82) is 0 Å². The Hall–Kier alpha value is -2.83. The number of nitrogens with zero attached hydrogens (tertiary/aromatic N) is 4. The highest BCUT2D eigenvalue weighted by atomic mass is 32.2. The van der Waals surface area contributed by atoms with Gasteiger partial charge in [-0.1, -0.05) is 47.2 Å². The van der Waals surface area contributed by atoms with Gasteiger partial charge >= 0.3 is 0 Å². The van der Waals surface area contributed by atoms with Gasteiger partial charge in [0.25, 0.3) is 0 Å². The van der Waals surface area contributed by atoms with Gasteiger partial charge in [0.15, 0.2) is 11.0 Å². The first-order chi connectivity index (χ1) is 16.2. The quantitative estimate of drug-likeness (QED) is 0.240. The summed E-state index contributed by atoms with van der Waals surface area (Å²) in [6, 6.07) is 13.4. The number of hydrogen-bond donors (Lipinski definition) is 0. The Morgan fingerprint density at radius 3 is 2.06 bits per heavy atom. The summed E-state index contributed by atoms with van der Waals surface area (Å²) in [5.74, 6) is 1.75. The lowest BCUT2D eigenvalue weighted by atomic mass is 10.0. The fourth-order valence-corrected chi connectivity index (χ4v) is 7.08.